The molecule has 3 aromatic rings. The number of fused-ring (bicyclic) bond motifs is 2. The van der Waals surface area contributed by atoms with Crippen molar-refractivity contribution in [1.82, 2.24) is 0 Å². The van der Waals surface area contributed by atoms with Crippen molar-refractivity contribution < 1.29 is 19.1 Å². The molecule has 0 saturated carbocycles. The lowest BCUT2D eigenvalue weighted by molar-refractivity contribution is 0.0980. The highest BCUT2D eigenvalue weighted by molar-refractivity contribution is 6.31. The minimum absolute atomic E-state index is 0.193. The summed E-state index contributed by atoms with van der Waals surface area (Å²) in [6.45, 7) is 0.564. The zero-order chi connectivity index (χ0) is 21.3. The van der Waals surface area contributed by atoms with E-state index in [2.05, 4.69) is 5.32 Å². The van der Waals surface area contributed by atoms with Crippen molar-refractivity contribution in [3.05, 3.63) is 82.4 Å². The molecular formula is C24H22N2O4. The number of nitrogen functional groups attached to an aromatic ring is 1. The predicted octanol–water partition coefficient (Wildman–Crippen LogP) is 3.72. The van der Waals surface area contributed by atoms with Gasteiger partial charge in [0.1, 0.15) is 0 Å². The lowest BCUT2D eigenvalue weighted by atomic mass is 9.82. The van der Waals surface area contributed by atoms with Gasteiger partial charge in [-0.1, -0.05) is 30.3 Å². The topological polar surface area (TPSA) is 90.6 Å². The van der Waals surface area contributed by atoms with E-state index in [9.17, 15) is 9.59 Å². The summed E-state index contributed by atoms with van der Waals surface area (Å²) in [5.41, 5.74) is 9.45. The number of carbonyl (C=O) groups is 2. The molecule has 3 N–H and O–H groups in total. The van der Waals surface area contributed by atoms with Crippen LogP contribution < -0.4 is 20.5 Å². The van der Waals surface area contributed by atoms with Crippen LogP contribution in [0.25, 0.3) is 0 Å². The molecule has 0 radical (unpaired) electrons. The molecule has 30 heavy (non-hydrogen) atoms. The monoisotopic (exact) mass is 402 g/mol. The molecule has 152 valence electrons. The summed E-state index contributed by atoms with van der Waals surface area (Å²) in [5.74, 6) is 0.921. The molecule has 1 aliphatic carbocycles. The fraction of sp³-hybridized carbons (Fsp3) is 0.167. The summed E-state index contributed by atoms with van der Waals surface area (Å²) in [6, 6.07) is 16.0. The zero-order valence-electron chi connectivity index (χ0n) is 16.8. The summed E-state index contributed by atoms with van der Waals surface area (Å²) >= 11 is 0. The van der Waals surface area contributed by atoms with Crippen molar-refractivity contribution in [2.75, 3.05) is 31.8 Å². The van der Waals surface area contributed by atoms with Gasteiger partial charge in [0.2, 0.25) is 0 Å². The summed E-state index contributed by atoms with van der Waals surface area (Å²) in [5, 5.41) is 3.30. The molecule has 0 amide bonds. The van der Waals surface area contributed by atoms with Crippen LogP contribution in [0.15, 0.2) is 54.6 Å². The summed E-state index contributed by atoms with van der Waals surface area (Å²) in [7, 11) is 3.20. The van der Waals surface area contributed by atoms with Gasteiger partial charge in [-0.3, -0.25) is 9.59 Å². The first-order valence-electron chi connectivity index (χ1n) is 9.60. The van der Waals surface area contributed by atoms with Crippen LogP contribution in [0.1, 0.15) is 37.4 Å². The van der Waals surface area contributed by atoms with Gasteiger partial charge in [0.15, 0.2) is 23.1 Å². The van der Waals surface area contributed by atoms with E-state index in [4.69, 9.17) is 15.2 Å². The third kappa shape index (κ3) is 3.26. The largest absolute Gasteiger partial charge is 0.493 e. The van der Waals surface area contributed by atoms with Gasteiger partial charge in [-0.25, -0.2) is 0 Å². The Morgan fingerprint density at radius 1 is 0.833 bits per heavy atom. The quantitative estimate of drug-likeness (QED) is 0.478. The second-order valence-corrected chi connectivity index (χ2v) is 7.02. The van der Waals surface area contributed by atoms with Crippen LogP contribution in [0.5, 0.6) is 11.5 Å². The van der Waals surface area contributed by atoms with Gasteiger partial charge in [0.05, 0.1) is 25.3 Å². The van der Waals surface area contributed by atoms with Gasteiger partial charge in [-0.2, -0.15) is 0 Å². The Morgan fingerprint density at radius 2 is 1.50 bits per heavy atom. The molecule has 4 rings (SSSR count). The minimum atomic E-state index is -0.221. The first-order valence-corrected chi connectivity index (χ1v) is 9.60. The molecule has 3 aromatic carbocycles. The molecule has 0 aliphatic heterocycles. The first-order chi connectivity index (χ1) is 14.5. The summed E-state index contributed by atoms with van der Waals surface area (Å²) < 4.78 is 10.6. The molecule has 0 aromatic heterocycles. The van der Waals surface area contributed by atoms with Crippen molar-refractivity contribution >= 4 is 22.9 Å². The first kappa shape index (κ1) is 19.5. The number of ketones is 2. The van der Waals surface area contributed by atoms with Crippen LogP contribution in [0.3, 0.4) is 0 Å². The Morgan fingerprint density at radius 3 is 2.17 bits per heavy atom. The standard InChI is InChI=1S/C24H22N2O4/c1-29-19-10-7-14(13-20(19)30-2)11-12-26-18-9-8-17(25)21-22(18)24(28)16-6-4-3-5-15(16)23(21)27/h3-10,13,26H,11-12,25H2,1-2H3. The van der Waals surface area contributed by atoms with Crippen molar-refractivity contribution in [1.29, 1.82) is 0 Å². The Kier molecular flexibility index (Phi) is 5.14. The van der Waals surface area contributed by atoms with E-state index in [1.54, 1.807) is 50.6 Å². The van der Waals surface area contributed by atoms with E-state index in [0.29, 0.717) is 52.5 Å². The van der Waals surface area contributed by atoms with Gasteiger partial charge in [0, 0.05) is 29.0 Å². The van der Waals surface area contributed by atoms with Crippen molar-refractivity contribution in [2.45, 2.75) is 6.42 Å². The van der Waals surface area contributed by atoms with Crippen LogP contribution in [0.4, 0.5) is 11.4 Å². The van der Waals surface area contributed by atoms with Crippen LogP contribution in [0.2, 0.25) is 0 Å². The summed E-state index contributed by atoms with van der Waals surface area (Å²) in [4.78, 5) is 26.1. The SMILES string of the molecule is COc1ccc(CCNc2ccc(N)c3c2C(=O)c2ccccc2C3=O)cc1OC. The van der Waals surface area contributed by atoms with Gasteiger partial charge in [-0.15, -0.1) is 0 Å². The highest BCUT2D eigenvalue weighted by Crippen LogP contribution is 2.35. The predicted molar refractivity (Wildman–Crippen MR) is 116 cm³/mol. The number of anilines is 2. The fourth-order valence-corrected chi connectivity index (χ4v) is 3.77. The Balaban J connectivity index is 1.60. The molecule has 0 fully saturated rings. The molecular weight excluding hydrogens is 380 g/mol. The highest BCUT2D eigenvalue weighted by Gasteiger charge is 2.33. The normalized spacial score (nSPS) is 12.2. The molecule has 1 aliphatic rings. The van der Waals surface area contributed by atoms with Gasteiger partial charge < -0.3 is 20.5 Å². The van der Waals surface area contributed by atoms with E-state index < -0.39 is 0 Å². The second-order valence-electron chi connectivity index (χ2n) is 7.02. The Labute approximate surface area is 174 Å². The Bertz CT molecular complexity index is 1150. The van der Waals surface area contributed by atoms with Gasteiger partial charge in [-0.05, 0) is 36.2 Å². The third-order valence-electron chi connectivity index (χ3n) is 5.29. The van der Waals surface area contributed by atoms with Gasteiger partial charge >= 0.3 is 0 Å². The maximum atomic E-state index is 13.1. The van der Waals surface area contributed by atoms with Gasteiger partial charge in [0.25, 0.3) is 0 Å². The highest BCUT2D eigenvalue weighted by atomic mass is 16.5. The average Bonchev–Trinajstić information content (AvgIpc) is 2.78. The molecule has 6 heteroatoms. The summed E-state index contributed by atoms with van der Waals surface area (Å²) in [6.07, 6.45) is 0.693. The number of ether oxygens (including phenoxy) is 2. The van der Waals surface area contributed by atoms with E-state index in [0.717, 1.165) is 5.56 Å². The number of nitrogens with two attached hydrogens (primary N) is 1. The van der Waals surface area contributed by atoms with Crippen molar-refractivity contribution in [2.24, 2.45) is 0 Å². The number of nitrogens with one attached hydrogen (secondary N) is 1. The maximum Gasteiger partial charge on any atom is 0.196 e. The number of methoxy groups -OCH3 is 2. The Hall–Kier alpha value is -3.80. The lowest BCUT2D eigenvalue weighted by Crippen LogP contribution is -2.24. The van der Waals surface area contributed by atoms with Crippen LogP contribution >= 0.6 is 0 Å². The van der Waals surface area contributed by atoms with E-state index in [1.807, 2.05) is 18.2 Å². The number of rotatable bonds is 6. The number of hydrogen-bond donors (Lipinski definition) is 2. The maximum absolute atomic E-state index is 13.1. The van der Waals surface area contributed by atoms with Crippen LogP contribution in [-0.2, 0) is 6.42 Å². The molecule has 0 unspecified atom stereocenters. The minimum Gasteiger partial charge on any atom is -0.493 e. The van der Waals surface area contributed by atoms with Crippen LogP contribution in [0, 0.1) is 0 Å². The smallest absolute Gasteiger partial charge is 0.196 e. The van der Waals surface area contributed by atoms with E-state index >= 15 is 0 Å². The molecule has 0 saturated heterocycles. The molecule has 0 spiro atoms. The van der Waals surface area contributed by atoms with E-state index in [-0.39, 0.29) is 17.1 Å². The van der Waals surface area contributed by atoms with Crippen molar-refractivity contribution in [3.63, 3.8) is 0 Å². The number of hydrogen-bond acceptors (Lipinski definition) is 6. The second kappa shape index (κ2) is 7.91. The molecule has 0 heterocycles. The molecule has 0 atom stereocenters. The molecule has 0 bridgehead atoms. The number of carbonyl (C=O) groups excluding carboxylic acids is 2. The van der Waals surface area contributed by atoms with Crippen molar-refractivity contribution in [3.8, 4) is 11.5 Å². The fourth-order valence-electron chi connectivity index (χ4n) is 3.77. The van der Waals surface area contributed by atoms with Crippen LogP contribution in [-0.4, -0.2) is 32.3 Å². The zero-order valence-corrected chi connectivity index (χ0v) is 16.8. The van der Waals surface area contributed by atoms with E-state index in [1.165, 1.54) is 0 Å². The molecule has 6 nitrogen and oxygen atoms in total. The lowest BCUT2D eigenvalue weighted by Gasteiger charge is -2.22. The average molecular weight is 402 g/mol. The number of benzene rings is 3. The third-order valence-corrected chi connectivity index (χ3v) is 5.29.